The molecule has 0 bridgehead atoms. The molecule has 3 aromatic rings. The Balaban J connectivity index is 1.69. The van der Waals surface area contributed by atoms with Crippen molar-refractivity contribution >= 4 is 23.3 Å². The lowest BCUT2D eigenvalue weighted by Gasteiger charge is -2.21. The maximum absolute atomic E-state index is 12.9. The summed E-state index contributed by atoms with van der Waals surface area (Å²) in [5, 5.41) is 0. The van der Waals surface area contributed by atoms with Gasteiger partial charge in [0, 0.05) is 22.4 Å². The minimum absolute atomic E-state index is 0.0257. The van der Waals surface area contributed by atoms with Crippen LogP contribution in [-0.4, -0.2) is 24.5 Å². The number of rotatable bonds is 8. The smallest absolute Gasteiger partial charge is 0.246 e. The largest absolute Gasteiger partial charge is 0.497 e. The van der Waals surface area contributed by atoms with Crippen LogP contribution in [0.25, 0.3) is 6.08 Å². The highest BCUT2D eigenvalue weighted by molar-refractivity contribution is 7.11. The second kappa shape index (κ2) is 9.90. The van der Waals surface area contributed by atoms with Crippen molar-refractivity contribution in [2.45, 2.75) is 19.9 Å². The van der Waals surface area contributed by atoms with Crippen LogP contribution in [-0.2, 0) is 17.8 Å². The van der Waals surface area contributed by atoms with E-state index in [9.17, 15) is 4.79 Å². The highest BCUT2D eigenvalue weighted by Gasteiger charge is 2.13. The van der Waals surface area contributed by atoms with E-state index in [1.807, 2.05) is 53.4 Å². The SMILES string of the molecule is COc1ccc(/C=C/C(=O)N(CCc2ccccc2)Cc2ccc(C)s2)cc1. The van der Waals surface area contributed by atoms with Crippen molar-refractivity contribution in [3.05, 3.63) is 93.7 Å². The second-order valence-corrected chi connectivity index (χ2v) is 7.99. The number of carbonyl (C=O) groups excluding carboxylic acids is 1. The lowest BCUT2D eigenvalue weighted by Crippen LogP contribution is -2.30. The van der Waals surface area contributed by atoms with Crippen molar-refractivity contribution in [3.63, 3.8) is 0 Å². The fourth-order valence-corrected chi connectivity index (χ4v) is 3.83. The molecule has 144 valence electrons. The van der Waals surface area contributed by atoms with Gasteiger partial charge in [0.25, 0.3) is 0 Å². The van der Waals surface area contributed by atoms with E-state index in [1.165, 1.54) is 15.3 Å². The molecule has 4 heteroatoms. The van der Waals surface area contributed by atoms with Gasteiger partial charge in [0.05, 0.1) is 13.7 Å². The summed E-state index contributed by atoms with van der Waals surface area (Å²) in [4.78, 5) is 17.3. The quantitative estimate of drug-likeness (QED) is 0.485. The van der Waals surface area contributed by atoms with E-state index in [2.05, 4.69) is 31.2 Å². The Morgan fingerprint density at radius 3 is 2.43 bits per heavy atom. The summed E-state index contributed by atoms with van der Waals surface area (Å²) in [5.74, 6) is 0.832. The Hall–Kier alpha value is -2.85. The highest BCUT2D eigenvalue weighted by Crippen LogP contribution is 2.18. The number of ether oxygens (including phenoxy) is 1. The summed E-state index contributed by atoms with van der Waals surface area (Å²) >= 11 is 1.74. The Kier molecular flexibility index (Phi) is 7.04. The first-order valence-electron chi connectivity index (χ1n) is 9.34. The second-order valence-electron chi connectivity index (χ2n) is 6.61. The van der Waals surface area contributed by atoms with E-state index >= 15 is 0 Å². The van der Waals surface area contributed by atoms with Gasteiger partial charge in [0.1, 0.15) is 5.75 Å². The topological polar surface area (TPSA) is 29.5 Å². The van der Waals surface area contributed by atoms with Gasteiger partial charge in [0.2, 0.25) is 5.91 Å². The Morgan fingerprint density at radius 2 is 1.79 bits per heavy atom. The Labute approximate surface area is 170 Å². The standard InChI is InChI=1S/C24H25NO2S/c1-19-8-14-23(28-19)18-25(17-16-20-6-4-3-5-7-20)24(26)15-11-21-9-12-22(27-2)13-10-21/h3-15H,16-18H2,1-2H3/b15-11+. The first-order valence-corrected chi connectivity index (χ1v) is 10.2. The van der Waals surface area contributed by atoms with Gasteiger partial charge in [-0.25, -0.2) is 0 Å². The molecule has 1 aromatic heterocycles. The van der Waals surface area contributed by atoms with Gasteiger partial charge in [-0.2, -0.15) is 0 Å². The van der Waals surface area contributed by atoms with Crippen LogP contribution in [0.15, 0.2) is 72.8 Å². The van der Waals surface area contributed by atoms with Crippen molar-refractivity contribution < 1.29 is 9.53 Å². The number of hydrogen-bond acceptors (Lipinski definition) is 3. The number of carbonyl (C=O) groups is 1. The molecule has 1 amide bonds. The molecule has 0 saturated carbocycles. The van der Waals surface area contributed by atoms with Crippen molar-refractivity contribution in [2.24, 2.45) is 0 Å². The van der Waals surface area contributed by atoms with E-state index in [1.54, 1.807) is 24.5 Å². The highest BCUT2D eigenvalue weighted by atomic mass is 32.1. The van der Waals surface area contributed by atoms with Crippen LogP contribution in [0.3, 0.4) is 0 Å². The van der Waals surface area contributed by atoms with E-state index in [0.717, 1.165) is 17.7 Å². The van der Waals surface area contributed by atoms with Crippen LogP contribution in [0.1, 0.15) is 20.9 Å². The lowest BCUT2D eigenvalue weighted by atomic mass is 10.1. The van der Waals surface area contributed by atoms with Gasteiger partial charge in [-0.1, -0.05) is 42.5 Å². The Morgan fingerprint density at radius 1 is 1.04 bits per heavy atom. The van der Waals surface area contributed by atoms with E-state index in [4.69, 9.17) is 4.74 Å². The molecular weight excluding hydrogens is 366 g/mol. The van der Waals surface area contributed by atoms with Crippen molar-refractivity contribution in [1.82, 2.24) is 4.90 Å². The molecule has 0 atom stereocenters. The van der Waals surface area contributed by atoms with Crippen LogP contribution in [0.5, 0.6) is 5.75 Å². The molecule has 0 radical (unpaired) electrons. The zero-order valence-corrected chi connectivity index (χ0v) is 17.1. The van der Waals surface area contributed by atoms with Crippen LogP contribution < -0.4 is 4.74 Å². The van der Waals surface area contributed by atoms with Gasteiger partial charge in [-0.15, -0.1) is 11.3 Å². The first-order chi connectivity index (χ1) is 13.6. The molecule has 28 heavy (non-hydrogen) atoms. The van der Waals surface area contributed by atoms with Crippen molar-refractivity contribution in [1.29, 1.82) is 0 Å². The van der Waals surface area contributed by atoms with Gasteiger partial charge >= 0.3 is 0 Å². The van der Waals surface area contributed by atoms with E-state index in [0.29, 0.717) is 13.1 Å². The molecule has 1 heterocycles. The third-order valence-corrected chi connectivity index (χ3v) is 5.49. The molecule has 0 aliphatic carbocycles. The number of nitrogens with zero attached hydrogens (tertiary/aromatic N) is 1. The lowest BCUT2D eigenvalue weighted by molar-refractivity contribution is -0.126. The van der Waals surface area contributed by atoms with Gasteiger partial charge in [0.15, 0.2) is 0 Å². The normalized spacial score (nSPS) is 10.9. The average Bonchev–Trinajstić information content (AvgIpc) is 3.15. The minimum Gasteiger partial charge on any atom is -0.497 e. The number of methoxy groups -OCH3 is 1. The fraction of sp³-hybridized carbons (Fsp3) is 0.208. The van der Waals surface area contributed by atoms with Crippen LogP contribution >= 0.6 is 11.3 Å². The zero-order chi connectivity index (χ0) is 19.8. The summed E-state index contributed by atoms with van der Waals surface area (Å²) in [6.45, 7) is 3.41. The molecule has 0 saturated heterocycles. The predicted octanol–water partition coefficient (Wildman–Crippen LogP) is 5.35. The molecule has 0 spiro atoms. The number of benzene rings is 2. The fourth-order valence-electron chi connectivity index (χ4n) is 2.92. The molecule has 0 fully saturated rings. The maximum Gasteiger partial charge on any atom is 0.246 e. The number of aryl methyl sites for hydroxylation is 1. The van der Waals surface area contributed by atoms with E-state index < -0.39 is 0 Å². The van der Waals surface area contributed by atoms with Crippen LogP contribution in [0, 0.1) is 6.92 Å². The monoisotopic (exact) mass is 391 g/mol. The average molecular weight is 392 g/mol. The molecule has 2 aromatic carbocycles. The third-order valence-electron chi connectivity index (χ3n) is 4.50. The van der Waals surface area contributed by atoms with Crippen LogP contribution in [0.2, 0.25) is 0 Å². The molecule has 3 nitrogen and oxygen atoms in total. The molecule has 3 rings (SSSR count). The number of amides is 1. The summed E-state index contributed by atoms with van der Waals surface area (Å²) in [6, 6.07) is 22.2. The predicted molar refractivity (Wildman–Crippen MR) is 117 cm³/mol. The van der Waals surface area contributed by atoms with Gasteiger partial charge in [-0.05, 0) is 54.8 Å². The van der Waals surface area contributed by atoms with Crippen molar-refractivity contribution in [2.75, 3.05) is 13.7 Å². The summed E-state index contributed by atoms with van der Waals surface area (Å²) in [5.41, 5.74) is 2.21. The van der Waals surface area contributed by atoms with E-state index in [-0.39, 0.29) is 5.91 Å². The first kappa shape index (κ1) is 19.9. The molecule has 0 aliphatic heterocycles. The summed E-state index contributed by atoms with van der Waals surface area (Å²) in [7, 11) is 1.64. The molecule has 0 aliphatic rings. The molecule has 0 N–H and O–H groups in total. The number of thiophene rings is 1. The van der Waals surface area contributed by atoms with Crippen molar-refractivity contribution in [3.8, 4) is 5.75 Å². The third kappa shape index (κ3) is 5.83. The Bertz CT molecular complexity index is 913. The van der Waals surface area contributed by atoms with Gasteiger partial charge in [-0.3, -0.25) is 4.79 Å². The summed E-state index contributed by atoms with van der Waals surface area (Å²) in [6.07, 6.45) is 4.36. The molecule has 0 unspecified atom stereocenters. The molecular formula is C24H25NO2S. The number of hydrogen-bond donors (Lipinski definition) is 0. The van der Waals surface area contributed by atoms with Crippen LogP contribution in [0.4, 0.5) is 0 Å². The maximum atomic E-state index is 12.9. The summed E-state index contributed by atoms with van der Waals surface area (Å²) < 4.78 is 5.18. The van der Waals surface area contributed by atoms with Gasteiger partial charge < -0.3 is 9.64 Å². The zero-order valence-electron chi connectivity index (χ0n) is 16.3. The minimum atomic E-state index is 0.0257.